The van der Waals surface area contributed by atoms with Gasteiger partial charge in [0.2, 0.25) is 5.82 Å². The van der Waals surface area contributed by atoms with Crippen molar-refractivity contribution in [2.24, 2.45) is 0 Å². The van der Waals surface area contributed by atoms with Gasteiger partial charge in [-0.3, -0.25) is 15.0 Å². The van der Waals surface area contributed by atoms with Crippen LogP contribution in [0.25, 0.3) is 28.1 Å². The smallest absolute Gasteiger partial charge is 0.451 e. The molecule has 0 unspecified atom stereocenters. The number of hydrogen-bond donors (Lipinski definition) is 1. The second kappa shape index (κ2) is 12.5. The minimum absolute atomic E-state index is 0.0664. The van der Waals surface area contributed by atoms with E-state index in [1.807, 2.05) is 29.4 Å². The molecule has 0 radical (unpaired) electrons. The summed E-state index contributed by atoms with van der Waals surface area (Å²) in [6.07, 6.45) is 0.967. The molecule has 9 nitrogen and oxygen atoms in total. The largest absolute Gasteiger partial charge is 0.489 e. The van der Waals surface area contributed by atoms with Gasteiger partial charge in [0.1, 0.15) is 29.7 Å². The van der Waals surface area contributed by atoms with Crippen molar-refractivity contribution in [2.45, 2.75) is 44.8 Å². The van der Waals surface area contributed by atoms with Gasteiger partial charge >= 0.3 is 6.18 Å². The van der Waals surface area contributed by atoms with Crippen LogP contribution < -0.4 is 4.74 Å². The Bertz CT molecular complexity index is 1920. The molecule has 46 heavy (non-hydrogen) atoms. The second-order valence-corrected chi connectivity index (χ2v) is 11.7. The lowest BCUT2D eigenvalue weighted by molar-refractivity contribution is -0.144. The summed E-state index contributed by atoms with van der Waals surface area (Å²) in [5, 5.41) is 5.98. The lowest BCUT2D eigenvalue weighted by Gasteiger charge is -2.29. The Kier molecular flexibility index (Phi) is 8.22. The summed E-state index contributed by atoms with van der Waals surface area (Å²) < 4.78 is 67.0. The SMILES string of the molecule is Fc1cc(Cl)ccc1COc1cccc(C2=CCN(Cc3nc4cc(-c5n[nH]c(C(F)(F)F)n5)ncc4n3C[C@@H]3CCO3)CC2)c1. The lowest BCUT2D eigenvalue weighted by Crippen LogP contribution is -2.33. The van der Waals surface area contributed by atoms with Gasteiger partial charge < -0.3 is 14.0 Å². The van der Waals surface area contributed by atoms with Gasteiger partial charge in [-0.1, -0.05) is 35.9 Å². The van der Waals surface area contributed by atoms with Crippen LogP contribution in [0.15, 0.2) is 60.8 Å². The Morgan fingerprint density at radius 1 is 1.11 bits per heavy atom. The van der Waals surface area contributed by atoms with Crippen LogP contribution in [0.4, 0.5) is 17.6 Å². The van der Waals surface area contributed by atoms with Crippen molar-refractivity contribution in [1.29, 1.82) is 0 Å². The molecule has 238 valence electrons. The van der Waals surface area contributed by atoms with Crippen LogP contribution in [-0.2, 0) is 30.6 Å². The first kappa shape index (κ1) is 30.3. The van der Waals surface area contributed by atoms with E-state index >= 15 is 0 Å². The molecule has 14 heteroatoms. The van der Waals surface area contributed by atoms with Crippen molar-refractivity contribution in [3.8, 4) is 17.3 Å². The van der Waals surface area contributed by atoms with Gasteiger partial charge in [-0.25, -0.2) is 14.4 Å². The highest BCUT2D eigenvalue weighted by atomic mass is 35.5. The van der Waals surface area contributed by atoms with E-state index in [1.165, 1.54) is 11.6 Å². The van der Waals surface area contributed by atoms with Gasteiger partial charge in [0, 0.05) is 30.3 Å². The Morgan fingerprint density at radius 2 is 1.98 bits per heavy atom. The number of H-pyrrole nitrogens is 1. The average molecular weight is 654 g/mol. The molecule has 2 aliphatic heterocycles. The van der Waals surface area contributed by atoms with Gasteiger partial charge in [-0.15, -0.1) is 0 Å². The fraction of sp³-hybridized carbons (Fsp3) is 0.312. The normalized spacial score (nSPS) is 17.2. The highest BCUT2D eigenvalue weighted by Gasteiger charge is 2.35. The standard InChI is InChI=1S/C32H28ClF4N7O2/c33-22-5-4-21(25(34)13-22)18-46-23-3-1-2-20(12-23)19-6-9-43(10-7-19)17-29-39-26-14-27(30-40-31(42-41-30)32(35,36)37)38-15-28(26)44(29)16-24-8-11-45-24/h1-6,12-15,24H,7-11,16-18H2,(H,40,41,42)/t24-/m0/s1. The lowest BCUT2D eigenvalue weighted by atomic mass is 9.99. The van der Waals surface area contributed by atoms with Gasteiger partial charge in [0.25, 0.3) is 0 Å². The molecule has 5 aromatic rings. The first-order valence-electron chi connectivity index (χ1n) is 14.7. The number of aromatic nitrogens is 6. The number of nitrogens with one attached hydrogen (secondary N) is 1. The number of halogens is 5. The minimum atomic E-state index is -4.63. The highest BCUT2D eigenvalue weighted by Crippen LogP contribution is 2.30. The number of benzene rings is 2. The zero-order valence-corrected chi connectivity index (χ0v) is 25.2. The molecule has 2 aromatic carbocycles. The molecule has 0 bridgehead atoms. The molecule has 3 aromatic heterocycles. The van der Waals surface area contributed by atoms with E-state index in [0.29, 0.717) is 48.1 Å². The summed E-state index contributed by atoms with van der Waals surface area (Å²) in [5.74, 6) is -0.263. The maximum absolute atomic E-state index is 14.2. The molecule has 0 spiro atoms. The molecule has 0 amide bonds. The van der Waals surface area contributed by atoms with Crippen LogP contribution >= 0.6 is 11.6 Å². The first-order valence-corrected chi connectivity index (χ1v) is 15.1. The Morgan fingerprint density at radius 3 is 2.70 bits per heavy atom. The molecule has 0 aliphatic carbocycles. The monoisotopic (exact) mass is 653 g/mol. The van der Waals surface area contributed by atoms with Gasteiger partial charge in [0.05, 0.1) is 36.4 Å². The second-order valence-electron chi connectivity index (χ2n) is 11.3. The predicted molar refractivity (Wildman–Crippen MR) is 162 cm³/mol. The predicted octanol–water partition coefficient (Wildman–Crippen LogP) is 6.68. The molecule has 2 aliphatic rings. The van der Waals surface area contributed by atoms with Crippen LogP contribution in [-0.4, -0.2) is 60.4 Å². The average Bonchev–Trinajstić information content (AvgIpc) is 3.64. The van der Waals surface area contributed by atoms with E-state index in [0.717, 1.165) is 36.3 Å². The van der Waals surface area contributed by atoms with Crippen molar-refractivity contribution in [2.75, 3.05) is 19.7 Å². The number of hydrogen-bond acceptors (Lipinski definition) is 7. The van der Waals surface area contributed by atoms with Crippen molar-refractivity contribution in [3.05, 3.63) is 94.4 Å². The van der Waals surface area contributed by atoms with Crippen molar-refractivity contribution in [3.63, 3.8) is 0 Å². The molecule has 0 saturated carbocycles. The van der Waals surface area contributed by atoms with Crippen molar-refractivity contribution < 1.29 is 27.0 Å². The number of ether oxygens (including phenoxy) is 2. The Balaban J connectivity index is 1.06. The molecule has 5 heterocycles. The number of nitrogens with zero attached hydrogens (tertiary/aromatic N) is 6. The summed E-state index contributed by atoms with van der Waals surface area (Å²) in [6, 6.07) is 13.9. The van der Waals surface area contributed by atoms with Gasteiger partial charge in [-0.2, -0.15) is 18.3 Å². The molecule has 1 atom stereocenters. The van der Waals surface area contributed by atoms with E-state index in [4.69, 9.17) is 26.1 Å². The minimum Gasteiger partial charge on any atom is -0.489 e. The van der Waals surface area contributed by atoms with Crippen LogP contribution in [0.5, 0.6) is 5.75 Å². The zero-order valence-electron chi connectivity index (χ0n) is 24.4. The Labute approximate surface area is 265 Å². The van der Waals surface area contributed by atoms with Gasteiger partial charge in [0.15, 0.2) is 5.82 Å². The summed E-state index contributed by atoms with van der Waals surface area (Å²) in [6.45, 7) is 3.46. The zero-order chi connectivity index (χ0) is 31.8. The summed E-state index contributed by atoms with van der Waals surface area (Å²) >= 11 is 5.85. The maximum atomic E-state index is 14.2. The van der Waals surface area contributed by atoms with Crippen LogP contribution in [0.3, 0.4) is 0 Å². The summed E-state index contributed by atoms with van der Waals surface area (Å²) in [5.41, 5.74) is 4.23. The third kappa shape index (κ3) is 6.48. The first-order chi connectivity index (χ1) is 22.2. The molecule has 1 N–H and O–H groups in total. The molecular formula is C32H28ClF4N7O2. The fourth-order valence-corrected chi connectivity index (χ4v) is 5.72. The van der Waals surface area contributed by atoms with Crippen molar-refractivity contribution >= 4 is 28.2 Å². The quantitative estimate of drug-likeness (QED) is 0.177. The molecule has 1 fully saturated rings. The Hall–Kier alpha value is -4.33. The van der Waals surface area contributed by atoms with Crippen LogP contribution in [0.1, 0.15) is 35.6 Å². The number of pyridine rings is 1. The topological polar surface area (TPSA) is 94.0 Å². The fourth-order valence-electron chi connectivity index (χ4n) is 5.56. The number of aromatic amines is 1. The molecule has 1 saturated heterocycles. The summed E-state index contributed by atoms with van der Waals surface area (Å²) in [7, 11) is 0. The van der Waals surface area contributed by atoms with Crippen LogP contribution in [0, 0.1) is 5.82 Å². The van der Waals surface area contributed by atoms with Gasteiger partial charge in [-0.05, 0) is 54.3 Å². The van der Waals surface area contributed by atoms with Crippen LogP contribution in [0.2, 0.25) is 5.02 Å². The maximum Gasteiger partial charge on any atom is 0.451 e. The third-order valence-electron chi connectivity index (χ3n) is 8.15. The molecule has 7 rings (SSSR count). The number of rotatable bonds is 9. The third-order valence-corrected chi connectivity index (χ3v) is 8.38. The van der Waals surface area contributed by atoms with E-state index in [1.54, 1.807) is 24.4 Å². The van der Waals surface area contributed by atoms with E-state index in [-0.39, 0.29) is 24.2 Å². The number of fused-ring (bicyclic) bond motifs is 1. The van der Waals surface area contributed by atoms with E-state index in [9.17, 15) is 17.6 Å². The molecular weight excluding hydrogens is 626 g/mol. The number of imidazole rings is 1. The highest BCUT2D eigenvalue weighted by molar-refractivity contribution is 6.30. The number of alkyl halides is 3. The van der Waals surface area contributed by atoms with E-state index < -0.39 is 17.8 Å². The summed E-state index contributed by atoms with van der Waals surface area (Å²) in [4.78, 5) is 15.1. The van der Waals surface area contributed by atoms with Crippen molar-refractivity contribution in [1.82, 2.24) is 34.6 Å². The van der Waals surface area contributed by atoms with E-state index in [2.05, 4.69) is 30.6 Å².